The topological polar surface area (TPSA) is 57.6 Å². The van der Waals surface area contributed by atoms with Crippen molar-refractivity contribution >= 4 is 23.5 Å². The predicted molar refractivity (Wildman–Crippen MR) is 94.5 cm³/mol. The van der Waals surface area contributed by atoms with Gasteiger partial charge in [0.05, 0.1) is 5.92 Å². The number of carbonyl (C=O) groups is 2. The SMILES string of the molecule is O=C(O)C1CN(C(=O)C2CC2c2cccc(Cl)c2)Cc2ccccc21. The average Bonchev–Trinajstić information content (AvgIpc) is 3.40. The van der Waals surface area contributed by atoms with Crippen LogP contribution < -0.4 is 0 Å². The van der Waals surface area contributed by atoms with E-state index in [1.54, 1.807) is 4.90 Å². The third-order valence-electron chi connectivity index (χ3n) is 5.19. The first-order chi connectivity index (χ1) is 12.0. The Balaban J connectivity index is 1.53. The fourth-order valence-corrected chi connectivity index (χ4v) is 3.99. The summed E-state index contributed by atoms with van der Waals surface area (Å²) in [6.45, 7) is 0.724. The van der Waals surface area contributed by atoms with Gasteiger partial charge in [0, 0.05) is 24.0 Å². The molecule has 0 spiro atoms. The Morgan fingerprint density at radius 2 is 1.92 bits per heavy atom. The normalized spacial score (nSPS) is 24.5. The number of fused-ring (bicyclic) bond motifs is 1. The molecule has 2 aliphatic rings. The van der Waals surface area contributed by atoms with E-state index in [1.165, 1.54) is 0 Å². The van der Waals surface area contributed by atoms with E-state index in [0.29, 0.717) is 11.6 Å². The van der Waals surface area contributed by atoms with Crippen molar-refractivity contribution in [3.05, 3.63) is 70.2 Å². The van der Waals surface area contributed by atoms with Gasteiger partial charge in [-0.2, -0.15) is 0 Å². The molecule has 5 heteroatoms. The Morgan fingerprint density at radius 3 is 2.68 bits per heavy atom. The molecule has 3 unspecified atom stereocenters. The van der Waals surface area contributed by atoms with Gasteiger partial charge in [0.25, 0.3) is 0 Å². The maximum atomic E-state index is 12.9. The molecule has 1 amide bonds. The minimum atomic E-state index is -0.882. The maximum Gasteiger partial charge on any atom is 0.312 e. The number of carbonyl (C=O) groups excluding carboxylic acids is 1. The Hall–Kier alpha value is -2.33. The standard InChI is InChI=1S/C20H18ClNO3/c21-14-6-3-5-12(8-14)16-9-17(16)19(23)22-10-13-4-1-2-7-15(13)18(11-22)20(24)25/h1-8,16-18H,9-11H2,(H,24,25). The summed E-state index contributed by atoms with van der Waals surface area (Å²) < 4.78 is 0. The number of carboxylic acids is 1. The van der Waals surface area contributed by atoms with Crippen molar-refractivity contribution in [2.45, 2.75) is 24.8 Å². The molecule has 0 aromatic heterocycles. The monoisotopic (exact) mass is 355 g/mol. The van der Waals surface area contributed by atoms with E-state index < -0.39 is 11.9 Å². The molecule has 0 saturated heterocycles. The molecule has 1 heterocycles. The van der Waals surface area contributed by atoms with Crippen LogP contribution >= 0.6 is 11.6 Å². The third kappa shape index (κ3) is 3.02. The highest BCUT2D eigenvalue weighted by Gasteiger charge is 2.47. The van der Waals surface area contributed by atoms with E-state index in [1.807, 2.05) is 48.5 Å². The Labute approximate surface area is 151 Å². The van der Waals surface area contributed by atoms with Gasteiger partial charge >= 0.3 is 5.97 Å². The van der Waals surface area contributed by atoms with Crippen LogP contribution in [0.15, 0.2) is 48.5 Å². The number of nitrogens with zero attached hydrogens (tertiary/aromatic N) is 1. The van der Waals surface area contributed by atoms with Crippen molar-refractivity contribution in [3.8, 4) is 0 Å². The summed E-state index contributed by atoms with van der Waals surface area (Å²) >= 11 is 6.04. The second-order valence-corrected chi connectivity index (χ2v) is 7.25. The number of aliphatic carboxylic acids is 1. The molecule has 4 nitrogen and oxygen atoms in total. The number of amides is 1. The highest BCUT2D eigenvalue weighted by Crippen LogP contribution is 2.49. The molecule has 4 rings (SSSR count). The van der Waals surface area contributed by atoms with Crippen LogP contribution in [0.1, 0.15) is 34.9 Å². The van der Waals surface area contributed by atoms with Crippen LogP contribution in [0.4, 0.5) is 0 Å². The Kier molecular flexibility index (Phi) is 4.00. The van der Waals surface area contributed by atoms with Crippen molar-refractivity contribution < 1.29 is 14.7 Å². The first-order valence-electron chi connectivity index (χ1n) is 8.39. The highest BCUT2D eigenvalue weighted by atomic mass is 35.5. The van der Waals surface area contributed by atoms with E-state index in [9.17, 15) is 14.7 Å². The van der Waals surface area contributed by atoms with E-state index in [0.717, 1.165) is 23.1 Å². The number of rotatable bonds is 3. The maximum absolute atomic E-state index is 12.9. The molecule has 1 saturated carbocycles. The van der Waals surface area contributed by atoms with Gasteiger partial charge in [-0.15, -0.1) is 0 Å². The minimum Gasteiger partial charge on any atom is -0.481 e. The number of benzene rings is 2. The molecule has 2 aromatic carbocycles. The molecular weight excluding hydrogens is 338 g/mol. The van der Waals surface area contributed by atoms with Crippen molar-refractivity contribution in [2.75, 3.05) is 6.54 Å². The van der Waals surface area contributed by atoms with Crippen LogP contribution in [-0.2, 0) is 16.1 Å². The second kappa shape index (κ2) is 6.19. The zero-order valence-electron chi connectivity index (χ0n) is 13.6. The van der Waals surface area contributed by atoms with Gasteiger partial charge in [-0.05, 0) is 41.2 Å². The average molecular weight is 356 g/mol. The van der Waals surface area contributed by atoms with Gasteiger partial charge in [-0.1, -0.05) is 48.0 Å². The zero-order chi connectivity index (χ0) is 17.6. The third-order valence-corrected chi connectivity index (χ3v) is 5.42. The summed E-state index contributed by atoms with van der Waals surface area (Å²) in [6.07, 6.45) is 0.801. The first kappa shape index (κ1) is 16.2. The number of hydrogen-bond donors (Lipinski definition) is 1. The minimum absolute atomic E-state index is 0.0470. The summed E-state index contributed by atoms with van der Waals surface area (Å²) in [5, 5.41) is 10.2. The van der Waals surface area contributed by atoms with E-state index in [-0.39, 0.29) is 24.3 Å². The van der Waals surface area contributed by atoms with Gasteiger partial charge in [-0.25, -0.2) is 0 Å². The summed E-state index contributed by atoms with van der Waals surface area (Å²) in [5.74, 6) is -1.38. The van der Waals surface area contributed by atoms with Crippen LogP contribution in [0, 0.1) is 5.92 Å². The molecule has 2 aromatic rings. The Morgan fingerprint density at radius 1 is 1.12 bits per heavy atom. The first-order valence-corrected chi connectivity index (χ1v) is 8.77. The lowest BCUT2D eigenvalue weighted by Crippen LogP contribution is -2.41. The molecular formula is C20H18ClNO3. The van der Waals surface area contributed by atoms with Crippen LogP contribution in [-0.4, -0.2) is 28.4 Å². The number of hydrogen-bond acceptors (Lipinski definition) is 2. The molecule has 1 N–H and O–H groups in total. The van der Waals surface area contributed by atoms with Crippen molar-refractivity contribution in [1.29, 1.82) is 0 Å². The lowest BCUT2D eigenvalue weighted by Gasteiger charge is -2.33. The molecule has 1 aliphatic carbocycles. The number of carboxylic acid groups (broad SMARTS) is 1. The molecule has 0 radical (unpaired) electrons. The lowest BCUT2D eigenvalue weighted by molar-refractivity contribution is -0.141. The van der Waals surface area contributed by atoms with Gasteiger partial charge in [0.1, 0.15) is 0 Å². The molecule has 25 heavy (non-hydrogen) atoms. The van der Waals surface area contributed by atoms with E-state index in [2.05, 4.69) is 0 Å². The fraction of sp³-hybridized carbons (Fsp3) is 0.300. The highest BCUT2D eigenvalue weighted by molar-refractivity contribution is 6.30. The molecule has 3 atom stereocenters. The van der Waals surface area contributed by atoms with E-state index >= 15 is 0 Å². The fourth-order valence-electron chi connectivity index (χ4n) is 3.79. The zero-order valence-corrected chi connectivity index (χ0v) is 14.3. The van der Waals surface area contributed by atoms with Crippen molar-refractivity contribution in [2.24, 2.45) is 5.92 Å². The summed E-state index contributed by atoms with van der Waals surface area (Å²) in [6, 6.07) is 15.1. The molecule has 1 fully saturated rings. The smallest absolute Gasteiger partial charge is 0.312 e. The molecule has 0 bridgehead atoms. The largest absolute Gasteiger partial charge is 0.481 e. The summed E-state index contributed by atoms with van der Waals surface area (Å²) in [7, 11) is 0. The van der Waals surface area contributed by atoms with Crippen LogP contribution in [0.2, 0.25) is 5.02 Å². The molecule has 128 valence electrons. The Bertz CT molecular complexity index is 850. The quantitative estimate of drug-likeness (QED) is 0.914. The van der Waals surface area contributed by atoms with Gasteiger partial charge in [0.15, 0.2) is 0 Å². The predicted octanol–water partition coefficient (Wildman–Crippen LogP) is 3.65. The lowest BCUT2D eigenvalue weighted by atomic mass is 9.89. The number of halogens is 1. The van der Waals surface area contributed by atoms with Crippen molar-refractivity contribution in [3.63, 3.8) is 0 Å². The summed E-state index contributed by atoms with van der Waals surface area (Å²) in [5.41, 5.74) is 2.83. The van der Waals surface area contributed by atoms with Gasteiger partial charge in [0.2, 0.25) is 5.91 Å². The van der Waals surface area contributed by atoms with Gasteiger partial charge < -0.3 is 10.0 Å². The van der Waals surface area contributed by atoms with Crippen LogP contribution in [0.25, 0.3) is 0 Å². The molecule has 1 aliphatic heterocycles. The van der Waals surface area contributed by atoms with Crippen molar-refractivity contribution in [1.82, 2.24) is 4.90 Å². The van der Waals surface area contributed by atoms with E-state index in [4.69, 9.17) is 11.6 Å². The van der Waals surface area contributed by atoms with Crippen LogP contribution in [0.3, 0.4) is 0 Å². The van der Waals surface area contributed by atoms with Crippen LogP contribution in [0.5, 0.6) is 0 Å². The van der Waals surface area contributed by atoms with Gasteiger partial charge in [-0.3, -0.25) is 9.59 Å². The second-order valence-electron chi connectivity index (χ2n) is 6.81. The summed E-state index contributed by atoms with van der Waals surface area (Å²) in [4.78, 5) is 26.3.